The van der Waals surface area contributed by atoms with E-state index < -0.39 is 28.5 Å². The van der Waals surface area contributed by atoms with E-state index in [1.54, 1.807) is 19.1 Å². The fraction of sp³-hybridized carbons (Fsp3) is 0.375. The van der Waals surface area contributed by atoms with Crippen LogP contribution in [0.25, 0.3) is 0 Å². The van der Waals surface area contributed by atoms with Crippen LogP contribution in [0.15, 0.2) is 53.0 Å². The topological polar surface area (TPSA) is 104 Å². The van der Waals surface area contributed by atoms with Crippen molar-refractivity contribution in [2.24, 2.45) is 0 Å². The van der Waals surface area contributed by atoms with Crippen molar-refractivity contribution in [1.82, 2.24) is 10.2 Å². The van der Waals surface area contributed by atoms with Crippen LogP contribution in [-0.2, 0) is 26.2 Å². The monoisotopic (exact) mass is 551 g/mol. The molecule has 0 fully saturated rings. The Morgan fingerprint density at radius 2 is 1.68 bits per heavy atom. The molecule has 0 aliphatic rings. The van der Waals surface area contributed by atoms with Crippen LogP contribution < -0.4 is 9.62 Å². The minimum Gasteiger partial charge on any atom is -0.352 e. The number of rotatable bonds is 10. The predicted molar refractivity (Wildman–Crippen MR) is 136 cm³/mol. The Hall–Kier alpha value is -2.72. The average molecular weight is 552 g/mol. The van der Waals surface area contributed by atoms with Crippen LogP contribution in [0, 0.1) is 0 Å². The molecule has 1 N–H and O–H groups in total. The largest absolute Gasteiger partial charge is 0.352 e. The number of nitrogens with zero attached hydrogens (tertiary/aromatic N) is 2. The van der Waals surface area contributed by atoms with Crippen molar-refractivity contribution in [3.8, 4) is 0 Å². The number of hydrogen-bond acceptors (Lipinski definition) is 5. The molecule has 0 unspecified atom stereocenters. The lowest BCUT2D eigenvalue weighted by atomic mass is 10.1. The number of hydrogen-bond donors (Lipinski definition) is 1. The zero-order chi connectivity index (χ0) is 25.6. The maximum absolute atomic E-state index is 13.5. The Morgan fingerprint density at radius 3 is 2.24 bits per heavy atom. The first kappa shape index (κ1) is 27.5. The summed E-state index contributed by atoms with van der Waals surface area (Å²) >= 11 is 3.41. The highest BCUT2D eigenvalue weighted by Crippen LogP contribution is 2.21. The van der Waals surface area contributed by atoms with Crippen molar-refractivity contribution in [2.45, 2.75) is 46.3 Å². The van der Waals surface area contributed by atoms with Gasteiger partial charge in [-0.3, -0.25) is 18.7 Å². The van der Waals surface area contributed by atoms with Crippen molar-refractivity contribution in [2.75, 3.05) is 17.1 Å². The van der Waals surface area contributed by atoms with Crippen LogP contribution in [0.2, 0.25) is 0 Å². The summed E-state index contributed by atoms with van der Waals surface area (Å²) in [5.74, 6) is -1.12. The molecule has 8 nitrogen and oxygen atoms in total. The predicted octanol–water partition coefficient (Wildman–Crippen LogP) is 3.36. The normalized spacial score (nSPS) is 12.2. The molecule has 10 heteroatoms. The Morgan fingerprint density at radius 1 is 1.03 bits per heavy atom. The molecule has 2 aromatic rings. The van der Waals surface area contributed by atoms with Gasteiger partial charge in [0.2, 0.25) is 21.8 Å². The Labute approximate surface area is 209 Å². The van der Waals surface area contributed by atoms with Gasteiger partial charge in [0.05, 0.1) is 11.9 Å². The molecule has 0 bridgehead atoms. The molecule has 0 aromatic heterocycles. The summed E-state index contributed by atoms with van der Waals surface area (Å²) in [6, 6.07) is 12.4. The number of anilines is 1. The minimum atomic E-state index is -3.87. The molecule has 0 aliphatic carbocycles. The molecule has 2 amide bonds. The van der Waals surface area contributed by atoms with Crippen LogP contribution in [0.1, 0.15) is 43.6 Å². The summed E-state index contributed by atoms with van der Waals surface area (Å²) < 4.78 is 27.0. The third kappa shape index (κ3) is 7.66. The molecule has 34 heavy (non-hydrogen) atoms. The van der Waals surface area contributed by atoms with E-state index in [9.17, 15) is 22.8 Å². The zero-order valence-corrected chi connectivity index (χ0v) is 22.3. The average Bonchev–Trinajstić information content (AvgIpc) is 2.74. The number of sulfonamides is 1. The van der Waals surface area contributed by atoms with Gasteiger partial charge in [-0.1, -0.05) is 40.2 Å². The van der Waals surface area contributed by atoms with E-state index in [2.05, 4.69) is 21.2 Å². The van der Waals surface area contributed by atoms with Crippen molar-refractivity contribution in [3.63, 3.8) is 0 Å². The molecule has 0 saturated carbocycles. The molecule has 184 valence electrons. The number of nitrogens with one attached hydrogen (secondary N) is 1. The van der Waals surface area contributed by atoms with Crippen LogP contribution in [-0.4, -0.2) is 55.8 Å². The summed E-state index contributed by atoms with van der Waals surface area (Å²) in [6.45, 7) is 6.21. The van der Waals surface area contributed by atoms with Gasteiger partial charge in [-0.2, -0.15) is 0 Å². The standard InChI is InChI=1S/C24H30BrN3O5S/c1-16(2)26-24(31)17(3)27(14-19-8-6-10-21(25)12-19)23(30)15-28(34(5,32)33)22-11-7-9-20(13-22)18(4)29/h6-13,16-17H,14-15H2,1-5H3,(H,26,31)/t17-/m1/s1. The number of benzene rings is 2. The van der Waals surface area contributed by atoms with Crippen molar-refractivity contribution in [3.05, 3.63) is 64.1 Å². The first-order valence-electron chi connectivity index (χ1n) is 10.7. The molecule has 2 rings (SSSR count). The third-order valence-electron chi connectivity index (χ3n) is 5.06. The van der Waals surface area contributed by atoms with E-state index in [1.807, 2.05) is 38.1 Å². The number of ketones is 1. The lowest BCUT2D eigenvalue weighted by Crippen LogP contribution is -2.52. The Balaban J connectivity index is 2.43. The SMILES string of the molecule is CC(=O)c1cccc(N(CC(=O)N(Cc2cccc(Br)c2)[C@H](C)C(=O)NC(C)C)S(C)(=O)=O)c1. The Bertz CT molecular complexity index is 1170. The van der Waals surface area contributed by atoms with Gasteiger partial charge >= 0.3 is 0 Å². The van der Waals surface area contributed by atoms with E-state index in [-0.39, 0.29) is 30.0 Å². The van der Waals surface area contributed by atoms with Crippen LogP contribution in [0.5, 0.6) is 0 Å². The summed E-state index contributed by atoms with van der Waals surface area (Å²) in [5, 5.41) is 2.80. The van der Waals surface area contributed by atoms with Gasteiger partial charge in [0.1, 0.15) is 12.6 Å². The highest BCUT2D eigenvalue weighted by molar-refractivity contribution is 9.10. The van der Waals surface area contributed by atoms with Crippen LogP contribution in [0.4, 0.5) is 5.69 Å². The number of carbonyl (C=O) groups excluding carboxylic acids is 3. The fourth-order valence-electron chi connectivity index (χ4n) is 3.31. The third-order valence-corrected chi connectivity index (χ3v) is 6.69. The highest BCUT2D eigenvalue weighted by Gasteiger charge is 2.30. The summed E-state index contributed by atoms with van der Waals surface area (Å²) in [7, 11) is -3.87. The lowest BCUT2D eigenvalue weighted by Gasteiger charge is -2.32. The minimum absolute atomic E-state index is 0.107. The molecule has 0 spiro atoms. The number of amides is 2. The second kappa shape index (κ2) is 11.6. The van der Waals surface area contributed by atoms with E-state index >= 15 is 0 Å². The van der Waals surface area contributed by atoms with Crippen molar-refractivity contribution < 1.29 is 22.8 Å². The first-order valence-corrected chi connectivity index (χ1v) is 13.4. The maximum Gasteiger partial charge on any atom is 0.244 e. The molecule has 0 radical (unpaired) electrons. The summed E-state index contributed by atoms with van der Waals surface area (Å²) in [5.41, 5.74) is 1.30. The second-order valence-corrected chi connectivity index (χ2v) is 11.2. The highest BCUT2D eigenvalue weighted by atomic mass is 79.9. The van der Waals surface area contributed by atoms with Gasteiger partial charge in [-0.25, -0.2) is 8.42 Å². The Kier molecular flexibility index (Phi) is 9.40. The quantitative estimate of drug-likeness (QED) is 0.456. The lowest BCUT2D eigenvalue weighted by molar-refractivity contribution is -0.139. The van der Waals surface area contributed by atoms with Gasteiger partial charge in [-0.15, -0.1) is 0 Å². The van der Waals surface area contributed by atoms with E-state index in [4.69, 9.17) is 0 Å². The molecular weight excluding hydrogens is 522 g/mol. The van der Waals surface area contributed by atoms with Gasteiger partial charge in [0.15, 0.2) is 5.78 Å². The van der Waals surface area contributed by atoms with Crippen molar-refractivity contribution >= 4 is 49.2 Å². The fourth-order valence-corrected chi connectivity index (χ4v) is 4.60. The van der Waals surface area contributed by atoms with E-state index in [0.29, 0.717) is 5.56 Å². The molecule has 0 heterocycles. The van der Waals surface area contributed by atoms with Crippen LogP contribution >= 0.6 is 15.9 Å². The van der Waals surface area contributed by atoms with E-state index in [1.165, 1.54) is 24.0 Å². The van der Waals surface area contributed by atoms with Gasteiger partial charge in [0, 0.05) is 22.6 Å². The molecule has 1 atom stereocenters. The smallest absolute Gasteiger partial charge is 0.244 e. The molecule has 0 saturated heterocycles. The van der Waals surface area contributed by atoms with Crippen LogP contribution in [0.3, 0.4) is 0 Å². The number of halogens is 1. The molecular formula is C24H30BrN3O5S. The molecule has 2 aromatic carbocycles. The second-order valence-electron chi connectivity index (χ2n) is 8.37. The number of carbonyl (C=O) groups is 3. The zero-order valence-electron chi connectivity index (χ0n) is 19.9. The summed E-state index contributed by atoms with van der Waals surface area (Å²) in [6.07, 6.45) is 0.994. The first-order chi connectivity index (χ1) is 15.8. The van der Waals surface area contributed by atoms with Gasteiger partial charge in [-0.05, 0) is 57.5 Å². The van der Waals surface area contributed by atoms with E-state index in [0.717, 1.165) is 20.6 Å². The van der Waals surface area contributed by atoms with Gasteiger partial charge < -0.3 is 10.2 Å². The van der Waals surface area contributed by atoms with Crippen molar-refractivity contribution in [1.29, 1.82) is 0 Å². The number of Topliss-reactive ketones (excluding diaryl/α,β-unsaturated/α-hetero) is 1. The molecule has 0 aliphatic heterocycles. The summed E-state index contributed by atoms with van der Waals surface area (Å²) in [4.78, 5) is 39.4. The maximum atomic E-state index is 13.5. The van der Waals surface area contributed by atoms with Gasteiger partial charge in [0.25, 0.3) is 0 Å².